The molecular weight excluding hydrogens is 268 g/mol. The Bertz CT molecular complexity index is 477. The van der Waals surface area contributed by atoms with Crippen LogP contribution in [0.1, 0.15) is 10.5 Å². The molecule has 6 heteroatoms. The van der Waals surface area contributed by atoms with Gasteiger partial charge in [0.25, 0.3) is 0 Å². The first-order chi connectivity index (χ1) is 6.66. The van der Waals surface area contributed by atoms with E-state index in [2.05, 4.69) is 25.9 Å². The van der Waals surface area contributed by atoms with Crippen LogP contribution in [0, 0.1) is 0 Å². The number of aromatic carboxylic acids is 1. The van der Waals surface area contributed by atoms with Crippen molar-refractivity contribution in [1.29, 1.82) is 0 Å². The molecule has 0 radical (unpaired) electrons. The zero-order chi connectivity index (χ0) is 10.1. The summed E-state index contributed by atoms with van der Waals surface area (Å²) >= 11 is 4.82. The van der Waals surface area contributed by atoms with Gasteiger partial charge in [-0.15, -0.1) is 11.3 Å². The number of aromatic nitrogens is 2. The lowest BCUT2D eigenvalue weighted by Gasteiger charge is -1.88. The van der Waals surface area contributed by atoms with Gasteiger partial charge >= 0.3 is 5.97 Å². The Labute approximate surface area is 91.7 Å². The minimum atomic E-state index is -1.00. The molecule has 0 bridgehead atoms. The summed E-state index contributed by atoms with van der Waals surface area (Å²) in [6.07, 6.45) is 1.31. The van der Waals surface area contributed by atoms with E-state index in [1.165, 1.54) is 17.5 Å². The Morgan fingerprint density at radius 3 is 2.86 bits per heavy atom. The van der Waals surface area contributed by atoms with E-state index in [0.29, 0.717) is 5.82 Å². The van der Waals surface area contributed by atoms with Gasteiger partial charge in [0.2, 0.25) is 0 Å². The second-order valence-electron chi connectivity index (χ2n) is 2.55. The molecule has 0 aliphatic carbocycles. The lowest BCUT2D eigenvalue weighted by atomic mass is 10.4. The van der Waals surface area contributed by atoms with Crippen LogP contribution in [0.2, 0.25) is 0 Å². The highest BCUT2D eigenvalue weighted by molar-refractivity contribution is 9.11. The molecule has 0 amide bonds. The van der Waals surface area contributed by atoms with Gasteiger partial charge in [-0.1, -0.05) is 0 Å². The first kappa shape index (κ1) is 9.42. The average Bonchev–Trinajstić information content (AvgIpc) is 2.70. The second-order valence-corrected chi connectivity index (χ2v) is 5.02. The Kier molecular flexibility index (Phi) is 2.39. The minimum Gasteiger partial charge on any atom is -0.477 e. The van der Waals surface area contributed by atoms with Gasteiger partial charge in [0.15, 0.2) is 0 Å². The number of halogens is 1. The van der Waals surface area contributed by atoms with Crippen LogP contribution in [-0.4, -0.2) is 21.0 Å². The van der Waals surface area contributed by atoms with Crippen molar-refractivity contribution in [3.63, 3.8) is 0 Å². The Balaban J connectivity index is 2.38. The summed E-state index contributed by atoms with van der Waals surface area (Å²) < 4.78 is 0.987. The van der Waals surface area contributed by atoms with Gasteiger partial charge in [0.05, 0.1) is 14.9 Å². The fourth-order valence-corrected chi connectivity index (χ4v) is 2.33. The summed E-state index contributed by atoms with van der Waals surface area (Å²) in [5.41, 5.74) is 0.101. The summed E-state index contributed by atoms with van der Waals surface area (Å²) in [5, 5.41) is 8.67. The summed E-state index contributed by atoms with van der Waals surface area (Å²) in [5.74, 6) is -0.419. The van der Waals surface area contributed by atoms with Crippen LogP contribution in [0.3, 0.4) is 0 Å². The van der Waals surface area contributed by atoms with Crippen molar-refractivity contribution in [1.82, 2.24) is 9.97 Å². The van der Waals surface area contributed by atoms with Crippen molar-refractivity contribution < 1.29 is 9.90 Å². The number of aromatic amines is 1. The summed E-state index contributed by atoms with van der Waals surface area (Å²) in [6.45, 7) is 0. The lowest BCUT2D eigenvalue weighted by Crippen LogP contribution is -1.95. The first-order valence-electron chi connectivity index (χ1n) is 3.71. The van der Waals surface area contributed by atoms with E-state index < -0.39 is 5.97 Å². The van der Waals surface area contributed by atoms with Gasteiger partial charge in [-0.2, -0.15) is 0 Å². The number of carboxylic acids is 1. The van der Waals surface area contributed by atoms with Crippen molar-refractivity contribution in [2.24, 2.45) is 0 Å². The van der Waals surface area contributed by atoms with E-state index in [0.717, 1.165) is 8.66 Å². The SMILES string of the molecule is O=C(O)c1cnc(-c2ccc(Br)s2)[nH]1. The largest absolute Gasteiger partial charge is 0.477 e. The second kappa shape index (κ2) is 3.55. The molecule has 2 aromatic rings. The molecule has 2 aromatic heterocycles. The van der Waals surface area contributed by atoms with Crippen LogP contribution in [0.4, 0.5) is 0 Å². The lowest BCUT2D eigenvalue weighted by molar-refractivity contribution is 0.0691. The van der Waals surface area contributed by atoms with Crippen molar-refractivity contribution in [2.75, 3.05) is 0 Å². The van der Waals surface area contributed by atoms with Crippen molar-refractivity contribution in [3.8, 4) is 10.7 Å². The average molecular weight is 273 g/mol. The number of nitrogens with one attached hydrogen (secondary N) is 1. The van der Waals surface area contributed by atoms with E-state index in [1.807, 2.05) is 12.1 Å². The third-order valence-corrected chi connectivity index (χ3v) is 3.24. The number of H-pyrrole nitrogens is 1. The highest BCUT2D eigenvalue weighted by Gasteiger charge is 2.09. The molecule has 0 atom stereocenters. The molecule has 4 nitrogen and oxygen atoms in total. The number of carbonyl (C=O) groups is 1. The molecule has 14 heavy (non-hydrogen) atoms. The topological polar surface area (TPSA) is 66.0 Å². The van der Waals surface area contributed by atoms with Gasteiger partial charge in [-0.3, -0.25) is 0 Å². The third-order valence-electron chi connectivity index (χ3n) is 1.61. The molecule has 72 valence electrons. The standard InChI is InChI=1S/C8H5BrN2O2S/c9-6-2-1-5(14-6)7-10-3-4(11-7)8(12)13/h1-3H,(H,10,11)(H,12,13). The molecule has 0 unspecified atom stereocenters. The zero-order valence-corrected chi connectivity index (χ0v) is 9.22. The van der Waals surface area contributed by atoms with Crippen LogP contribution >= 0.6 is 27.3 Å². The predicted octanol–water partition coefficient (Wildman–Crippen LogP) is 2.60. The number of hydrogen-bond donors (Lipinski definition) is 2. The Morgan fingerprint density at radius 1 is 1.57 bits per heavy atom. The quantitative estimate of drug-likeness (QED) is 0.883. The maximum absolute atomic E-state index is 10.6. The van der Waals surface area contributed by atoms with Gasteiger partial charge in [-0.25, -0.2) is 9.78 Å². The fraction of sp³-hybridized carbons (Fsp3) is 0. The summed E-state index contributed by atoms with van der Waals surface area (Å²) in [6, 6.07) is 3.77. The van der Waals surface area contributed by atoms with Crippen LogP contribution < -0.4 is 0 Å². The van der Waals surface area contributed by atoms with Crippen LogP contribution in [0.25, 0.3) is 10.7 Å². The highest BCUT2D eigenvalue weighted by atomic mass is 79.9. The molecule has 0 fully saturated rings. The normalized spacial score (nSPS) is 10.4. The van der Waals surface area contributed by atoms with Crippen LogP contribution in [0.15, 0.2) is 22.1 Å². The van der Waals surface area contributed by atoms with E-state index in [9.17, 15) is 4.79 Å². The third kappa shape index (κ3) is 1.71. The van der Waals surface area contributed by atoms with Gasteiger partial charge < -0.3 is 10.1 Å². The summed E-state index contributed by atoms with van der Waals surface area (Å²) in [4.78, 5) is 18.2. The van der Waals surface area contributed by atoms with E-state index in [4.69, 9.17) is 5.11 Å². The zero-order valence-electron chi connectivity index (χ0n) is 6.82. The van der Waals surface area contributed by atoms with E-state index in [-0.39, 0.29) is 5.69 Å². The summed E-state index contributed by atoms with van der Waals surface area (Å²) in [7, 11) is 0. The van der Waals surface area contributed by atoms with E-state index >= 15 is 0 Å². The molecular formula is C8H5BrN2O2S. The molecule has 2 heterocycles. The molecule has 2 N–H and O–H groups in total. The molecule has 0 aliphatic heterocycles. The predicted molar refractivity (Wildman–Crippen MR) is 56.6 cm³/mol. The van der Waals surface area contributed by atoms with Gasteiger partial charge in [0, 0.05) is 0 Å². The molecule has 0 saturated carbocycles. The van der Waals surface area contributed by atoms with Crippen molar-refractivity contribution >= 4 is 33.2 Å². The highest BCUT2D eigenvalue weighted by Crippen LogP contribution is 2.29. The van der Waals surface area contributed by atoms with Crippen molar-refractivity contribution in [2.45, 2.75) is 0 Å². The van der Waals surface area contributed by atoms with Gasteiger partial charge in [0.1, 0.15) is 11.5 Å². The molecule has 0 aromatic carbocycles. The number of rotatable bonds is 2. The number of carboxylic acid groups (broad SMARTS) is 1. The fourth-order valence-electron chi connectivity index (χ4n) is 0.997. The smallest absolute Gasteiger partial charge is 0.353 e. The van der Waals surface area contributed by atoms with Crippen molar-refractivity contribution in [3.05, 3.63) is 27.8 Å². The van der Waals surface area contributed by atoms with E-state index in [1.54, 1.807) is 0 Å². The van der Waals surface area contributed by atoms with Gasteiger partial charge in [-0.05, 0) is 28.1 Å². The van der Waals surface area contributed by atoms with Crippen LogP contribution in [0.5, 0.6) is 0 Å². The monoisotopic (exact) mass is 272 g/mol. The maximum atomic E-state index is 10.6. The molecule has 2 rings (SSSR count). The number of thiophene rings is 1. The number of imidazole rings is 1. The number of nitrogens with zero attached hydrogens (tertiary/aromatic N) is 1. The Morgan fingerprint density at radius 2 is 2.36 bits per heavy atom. The number of hydrogen-bond acceptors (Lipinski definition) is 3. The minimum absolute atomic E-state index is 0.101. The Hall–Kier alpha value is -1.14. The molecule has 0 aliphatic rings. The van der Waals surface area contributed by atoms with Crippen LogP contribution in [-0.2, 0) is 0 Å². The first-order valence-corrected chi connectivity index (χ1v) is 5.32. The maximum Gasteiger partial charge on any atom is 0.353 e. The molecule has 0 spiro atoms. The molecule has 0 saturated heterocycles.